The van der Waals surface area contributed by atoms with Crippen LogP contribution in [0.2, 0.25) is 0 Å². The Kier molecular flexibility index (Phi) is 4.81. The SMILES string of the molecule is COCC(=O)C(=CO)N=Nc1cccnc1. The number of carbonyl (C=O) groups excluding carboxylic acids is 1. The van der Waals surface area contributed by atoms with Crippen LogP contribution in [-0.2, 0) is 9.53 Å². The van der Waals surface area contributed by atoms with Gasteiger partial charge in [-0.1, -0.05) is 0 Å². The van der Waals surface area contributed by atoms with Gasteiger partial charge in [-0.25, -0.2) is 0 Å². The molecule has 0 unspecified atom stereocenters. The number of azo groups is 1. The lowest BCUT2D eigenvalue weighted by Gasteiger charge is -1.96. The van der Waals surface area contributed by atoms with E-state index in [-0.39, 0.29) is 12.3 Å². The molecule has 6 heteroatoms. The molecule has 1 heterocycles. The van der Waals surface area contributed by atoms with Crippen LogP contribution in [0.25, 0.3) is 0 Å². The molecule has 0 saturated heterocycles. The molecule has 16 heavy (non-hydrogen) atoms. The fourth-order valence-corrected chi connectivity index (χ4v) is 0.883. The third-order valence-electron chi connectivity index (χ3n) is 1.60. The first-order chi connectivity index (χ1) is 7.77. The summed E-state index contributed by atoms with van der Waals surface area (Å²) in [6, 6.07) is 3.36. The molecule has 1 rings (SSSR count). The predicted molar refractivity (Wildman–Crippen MR) is 56.3 cm³/mol. The number of aliphatic hydroxyl groups is 1. The number of methoxy groups -OCH3 is 1. The number of aromatic nitrogens is 1. The average molecular weight is 221 g/mol. The van der Waals surface area contributed by atoms with Crippen molar-refractivity contribution in [2.24, 2.45) is 10.2 Å². The van der Waals surface area contributed by atoms with E-state index in [1.54, 1.807) is 18.3 Å². The molecule has 1 N–H and O–H groups in total. The maximum absolute atomic E-state index is 11.3. The minimum atomic E-state index is -0.447. The van der Waals surface area contributed by atoms with Crippen LogP contribution in [0.5, 0.6) is 0 Å². The highest BCUT2D eigenvalue weighted by atomic mass is 16.5. The van der Waals surface area contributed by atoms with E-state index in [1.807, 2.05) is 0 Å². The lowest BCUT2D eigenvalue weighted by atomic mass is 10.3. The number of carbonyl (C=O) groups is 1. The minimum Gasteiger partial charge on any atom is -0.513 e. The fraction of sp³-hybridized carbons (Fsp3) is 0.200. The minimum absolute atomic E-state index is 0.154. The largest absolute Gasteiger partial charge is 0.513 e. The molecule has 0 aliphatic rings. The summed E-state index contributed by atoms with van der Waals surface area (Å²) in [5, 5.41) is 16.1. The third-order valence-corrected chi connectivity index (χ3v) is 1.60. The summed E-state index contributed by atoms with van der Waals surface area (Å²) in [6.07, 6.45) is 3.68. The van der Waals surface area contributed by atoms with E-state index < -0.39 is 5.78 Å². The lowest BCUT2D eigenvalue weighted by Crippen LogP contribution is -2.08. The summed E-state index contributed by atoms with van der Waals surface area (Å²) < 4.78 is 4.62. The van der Waals surface area contributed by atoms with Crippen molar-refractivity contribution in [3.63, 3.8) is 0 Å². The van der Waals surface area contributed by atoms with Crippen molar-refractivity contribution in [1.82, 2.24) is 4.98 Å². The van der Waals surface area contributed by atoms with Gasteiger partial charge in [-0.05, 0) is 12.1 Å². The molecule has 0 atom stereocenters. The van der Waals surface area contributed by atoms with Gasteiger partial charge in [0, 0.05) is 13.3 Å². The van der Waals surface area contributed by atoms with Gasteiger partial charge in [-0.2, -0.15) is 0 Å². The molecule has 84 valence electrons. The maximum atomic E-state index is 11.3. The van der Waals surface area contributed by atoms with E-state index in [2.05, 4.69) is 19.9 Å². The molecule has 0 aliphatic heterocycles. The number of ketones is 1. The second kappa shape index (κ2) is 6.41. The Morgan fingerprint density at radius 2 is 2.50 bits per heavy atom. The van der Waals surface area contributed by atoms with Crippen molar-refractivity contribution < 1.29 is 14.6 Å². The van der Waals surface area contributed by atoms with E-state index in [9.17, 15) is 4.79 Å². The summed E-state index contributed by atoms with van der Waals surface area (Å²) in [5.74, 6) is -0.447. The third kappa shape index (κ3) is 3.58. The highest BCUT2D eigenvalue weighted by Crippen LogP contribution is 2.11. The number of nitrogens with zero attached hydrogens (tertiary/aromatic N) is 3. The number of Topliss-reactive ketones (excluding diaryl/α,β-unsaturated/α-hetero) is 1. The second-order valence-electron chi connectivity index (χ2n) is 2.78. The molecular formula is C10H11N3O3. The van der Waals surface area contributed by atoms with Crippen molar-refractivity contribution in [2.75, 3.05) is 13.7 Å². The summed E-state index contributed by atoms with van der Waals surface area (Å²) in [6.45, 7) is -0.154. The van der Waals surface area contributed by atoms with Gasteiger partial charge in [-0.15, -0.1) is 10.2 Å². The highest BCUT2D eigenvalue weighted by Gasteiger charge is 2.08. The van der Waals surface area contributed by atoms with Gasteiger partial charge in [-0.3, -0.25) is 9.78 Å². The molecule has 0 radical (unpaired) electrons. The Labute approximate surface area is 92.3 Å². The van der Waals surface area contributed by atoms with Gasteiger partial charge < -0.3 is 9.84 Å². The standard InChI is InChI=1S/C10H11N3O3/c1-16-7-10(15)9(6-14)13-12-8-3-2-4-11-5-8/h2-6,14H,7H2,1H3. The number of hydrogen-bond acceptors (Lipinski definition) is 6. The number of pyridine rings is 1. The normalized spacial score (nSPS) is 11.9. The molecule has 0 aromatic carbocycles. The van der Waals surface area contributed by atoms with Crippen LogP contribution < -0.4 is 0 Å². The maximum Gasteiger partial charge on any atom is 0.211 e. The molecule has 0 amide bonds. The molecule has 1 aromatic rings. The van der Waals surface area contributed by atoms with Crippen molar-refractivity contribution in [3.8, 4) is 0 Å². The van der Waals surface area contributed by atoms with Crippen LogP contribution in [0.3, 0.4) is 0 Å². The van der Waals surface area contributed by atoms with E-state index in [4.69, 9.17) is 5.11 Å². The van der Waals surface area contributed by atoms with Crippen LogP contribution in [0.1, 0.15) is 0 Å². The van der Waals surface area contributed by atoms with Crippen LogP contribution in [0.15, 0.2) is 46.7 Å². The topological polar surface area (TPSA) is 84.1 Å². The van der Waals surface area contributed by atoms with Crippen molar-refractivity contribution in [1.29, 1.82) is 0 Å². The first-order valence-corrected chi connectivity index (χ1v) is 4.46. The Bertz CT molecular complexity index is 401. The molecule has 6 nitrogen and oxygen atoms in total. The van der Waals surface area contributed by atoms with Crippen molar-refractivity contribution in [2.45, 2.75) is 0 Å². The fourth-order valence-electron chi connectivity index (χ4n) is 0.883. The number of aliphatic hydroxyl groups excluding tert-OH is 1. The lowest BCUT2D eigenvalue weighted by molar-refractivity contribution is -0.119. The van der Waals surface area contributed by atoms with Crippen LogP contribution in [0.4, 0.5) is 5.69 Å². The Morgan fingerprint density at radius 1 is 1.69 bits per heavy atom. The summed E-state index contributed by atoms with van der Waals surface area (Å²) in [5.41, 5.74) is 0.331. The van der Waals surface area contributed by atoms with E-state index in [0.29, 0.717) is 11.9 Å². The zero-order chi connectivity index (χ0) is 11.8. The molecular weight excluding hydrogens is 210 g/mol. The molecule has 0 saturated carbocycles. The van der Waals surface area contributed by atoms with Gasteiger partial charge in [0.15, 0.2) is 5.70 Å². The summed E-state index contributed by atoms with van der Waals surface area (Å²) in [4.78, 5) is 15.1. The quantitative estimate of drug-likeness (QED) is 0.466. The number of hydrogen-bond donors (Lipinski definition) is 1. The van der Waals surface area contributed by atoms with E-state index in [1.165, 1.54) is 13.3 Å². The number of ether oxygens (including phenoxy) is 1. The van der Waals surface area contributed by atoms with Gasteiger partial charge in [0.1, 0.15) is 18.6 Å². The molecule has 0 aliphatic carbocycles. The predicted octanol–water partition coefficient (Wildman–Crippen LogP) is 1.78. The monoisotopic (exact) mass is 221 g/mol. The summed E-state index contributed by atoms with van der Waals surface area (Å²) in [7, 11) is 1.38. The smallest absolute Gasteiger partial charge is 0.211 e. The van der Waals surface area contributed by atoms with Crippen LogP contribution >= 0.6 is 0 Å². The van der Waals surface area contributed by atoms with Crippen molar-refractivity contribution in [3.05, 3.63) is 36.5 Å². The van der Waals surface area contributed by atoms with Gasteiger partial charge >= 0.3 is 0 Å². The molecule has 0 bridgehead atoms. The molecule has 0 fully saturated rings. The van der Waals surface area contributed by atoms with E-state index in [0.717, 1.165) is 0 Å². The zero-order valence-corrected chi connectivity index (χ0v) is 8.70. The van der Waals surface area contributed by atoms with Gasteiger partial charge in [0.2, 0.25) is 5.78 Å². The van der Waals surface area contributed by atoms with Crippen LogP contribution in [0, 0.1) is 0 Å². The van der Waals surface area contributed by atoms with Gasteiger partial charge in [0.25, 0.3) is 0 Å². The molecule has 0 spiro atoms. The Hall–Kier alpha value is -2.08. The Morgan fingerprint density at radius 3 is 3.06 bits per heavy atom. The molecule has 1 aromatic heterocycles. The van der Waals surface area contributed by atoms with Crippen LogP contribution in [-0.4, -0.2) is 29.6 Å². The second-order valence-corrected chi connectivity index (χ2v) is 2.78. The zero-order valence-electron chi connectivity index (χ0n) is 8.70. The van der Waals surface area contributed by atoms with Crippen molar-refractivity contribution >= 4 is 11.5 Å². The van der Waals surface area contributed by atoms with Gasteiger partial charge in [0.05, 0.1) is 6.20 Å². The highest BCUT2D eigenvalue weighted by molar-refractivity contribution is 5.95. The number of rotatable bonds is 5. The average Bonchev–Trinajstić information content (AvgIpc) is 2.31. The summed E-state index contributed by atoms with van der Waals surface area (Å²) >= 11 is 0. The van der Waals surface area contributed by atoms with E-state index >= 15 is 0 Å². The first-order valence-electron chi connectivity index (χ1n) is 4.46. The Balaban J connectivity index is 2.72. The first kappa shape index (κ1) is 12.0.